The molecule has 2 N–H and O–H groups in total. The van der Waals surface area contributed by atoms with Gasteiger partial charge >= 0.3 is 0 Å². The SMILES string of the molecule is O=[N+]([O-])c1cccc(N=Nc2c(O)[nH]c3cc(Br)ccc23)c1. The Labute approximate surface area is 132 Å². The van der Waals surface area contributed by atoms with Gasteiger partial charge in [0.1, 0.15) is 0 Å². The second-order valence-corrected chi connectivity index (χ2v) is 5.40. The molecule has 1 aromatic heterocycles. The van der Waals surface area contributed by atoms with Crippen molar-refractivity contribution in [2.24, 2.45) is 10.2 Å². The highest BCUT2D eigenvalue weighted by atomic mass is 79.9. The Kier molecular flexibility index (Phi) is 3.60. The molecule has 0 unspecified atom stereocenters. The summed E-state index contributed by atoms with van der Waals surface area (Å²) in [6.45, 7) is 0. The quantitative estimate of drug-likeness (QED) is 0.391. The summed E-state index contributed by atoms with van der Waals surface area (Å²) in [4.78, 5) is 13.0. The number of fused-ring (bicyclic) bond motifs is 1. The van der Waals surface area contributed by atoms with Crippen LogP contribution in [0.4, 0.5) is 17.1 Å². The molecule has 0 aliphatic carbocycles. The molecule has 0 spiro atoms. The molecule has 0 saturated heterocycles. The van der Waals surface area contributed by atoms with Crippen LogP contribution in [0.1, 0.15) is 0 Å². The normalized spacial score (nSPS) is 11.3. The number of nitro groups is 1. The van der Waals surface area contributed by atoms with Gasteiger partial charge < -0.3 is 10.1 Å². The number of nitrogens with one attached hydrogen (secondary N) is 1. The molecule has 22 heavy (non-hydrogen) atoms. The molecule has 0 amide bonds. The summed E-state index contributed by atoms with van der Waals surface area (Å²) in [7, 11) is 0. The number of non-ortho nitro benzene ring substituents is 1. The van der Waals surface area contributed by atoms with Gasteiger partial charge in [0.15, 0.2) is 5.69 Å². The van der Waals surface area contributed by atoms with Crippen LogP contribution in [0.2, 0.25) is 0 Å². The molecule has 0 fully saturated rings. The van der Waals surface area contributed by atoms with Gasteiger partial charge in [0.05, 0.1) is 16.1 Å². The zero-order valence-electron chi connectivity index (χ0n) is 11.0. The Morgan fingerprint density at radius 1 is 1.18 bits per heavy atom. The van der Waals surface area contributed by atoms with Gasteiger partial charge in [0.25, 0.3) is 5.69 Å². The van der Waals surface area contributed by atoms with Crippen LogP contribution < -0.4 is 0 Å². The fourth-order valence-electron chi connectivity index (χ4n) is 2.02. The molecule has 0 aliphatic rings. The number of nitrogens with zero attached hydrogens (tertiary/aromatic N) is 3. The van der Waals surface area contributed by atoms with Crippen LogP contribution in [0.15, 0.2) is 57.2 Å². The van der Waals surface area contributed by atoms with Crippen molar-refractivity contribution >= 4 is 43.9 Å². The summed E-state index contributed by atoms with van der Waals surface area (Å²) < 4.78 is 0.864. The number of hydrogen-bond donors (Lipinski definition) is 2. The first-order valence-corrected chi connectivity index (χ1v) is 7.00. The Hall–Kier alpha value is -2.74. The van der Waals surface area contributed by atoms with Gasteiger partial charge in [-0.1, -0.05) is 22.0 Å². The number of benzene rings is 2. The zero-order chi connectivity index (χ0) is 15.7. The Bertz CT molecular complexity index is 904. The van der Waals surface area contributed by atoms with Crippen molar-refractivity contribution in [3.05, 3.63) is 57.1 Å². The number of azo groups is 1. The molecule has 8 heteroatoms. The van der Waals surface area contributed by atoms with Gasteiger partial charge in [-0.3, -0.25) is 10.1 Å². The molecule has 2 aromatic carbocycles. The van der Waals surface area contributed by atoms with Crippen molar-refractivity contribution in [1.29, 1.82) is 0 Å². The lowest BCUT2D eigenvalue weighted by molar-refractivity contribution is -0.384. The number of halogens is 1. The average Bonchev–Trinajstić information content (AvgIpc) is 2.80. The van der Waals surface area contributed by atoms with Gasteiger partial charge in [0, 0.05) is 22.0 Å². The molecule has 0 radical (unpaired) electrons. The first-order chi connectivity index (χ1) is 10.5. The number of nitro benzene ring substituents is 1. The first-order valence-electron chi connectivity index (χ1n) is 6.21. The summed E-state index contributed by atoms with van der Waals surface area (Å²) in [6.07, 6.45) is 0. The Morgan fingerprint density at radius 2 is 2.00 bits per heavy atom. The minimum atomic E-state index is -0.500. The topological polar surface area (TPSA) is 104 Å². The molecular weight excluding hydrogens is 352 g/mol. The predicted molar refractivity (Wildman–Crippen MR) is 84.9 cm³/mol. The molecule has 7 nitrogen and oxygen atoms in total. The Morgan fingerprint density at radius 3 is 2.77 bits per heavy atom. The van der Waals surface area contributed by atoms with Crippen LogP contribution in [0.3, 0.4) is 0 Å². The van der Waals surface area contributed by atoms with E-state index in [2.05, 4.69) is 31.1 Å². The van der Waals surface area contributed by atoms with Crippen LogP contribution in [-0.4, -0.2) is 15.0 Å². The monoisotopic (exact) mass is 360 g/mol. The molecule has 1 heterocycles. The Balaban J connectivity index is 2.01. The first kappa shape index (κ1) is 14.2. The predicted octanol–water partition coefficient (Wildman–Crippen LogP) is 4.96. The van der Waals surface area contributed by atoms with Crippen LogP contribution in [0, 0.1) is 10.1 Å². The highest BCUT2D eigenvalue weighted by Crippen LogP contribution is 2.37. The molecule has 0 bridgehead atoms. The van der Waals surface area contributed by atoms with Crippen molar-refractivity contribution in [3.63, 3.8) is 0 Å². The minimum absolute atomic E-state index is 0.0662. The van der Waals surface area contributed by atoms with E-state index in [1.165, 1.54) is 18.2 Å². The second kappa shape index (κ2) is 5.57. The minimum Gasteiger partial charge on any atom is -0.493 e. The molecule has 0 atom stereocenters. The zero-order valence-corrected chi connectivity index (χ0v) is 12.6. The van der Waals surface area contributed by atoms with Gasteiger partial charge in [-0.25, -0.2) is 0 Å². The summed E-state index contributed by atoms with van der Waals surface area (Å²) >= 11 is 3.34. The lowest BCUT2D eigenvalue weighted by Crippen LogP contribution is -1.85. The number of hydrogen-bond acceptors (Lipinski definition) is 5. The van der Waals surface area contributed by atoms with Gasteiger partial charge in [-0.2, -0.15) is 5.11 Å². The summed E-state index contributed by atoms with van der Waals surface area (Å²) in [5, 5.41) is 29.3. The van der Waals surface area contributed by atoms with Gasteiger partial charge in [-0.15, -0.1) is 5.11 Å². The highest BCUT2D eigenvalue weighted by molar-refractivity contribution is 9.10. The van der Waals surface area contributed by atoms with E-state index in [0.29, 0.717) is 16.6 Å². The number of aromatic nitrogens is 1. The maximum Gasteiger partial charge on any atom is 0.271 e. The maximum absolute atomic E-state index is 10.7. The van der Waals surface area contributed by atoms with E-state index >= 15 is 0 Å². The third kappa shape index (κ3) is 2.68. The number of rotatable bonds is 3. The molecule has 0 saturated carbocycles. The molecule has 110 valence electrons. The lowest BCUT2D eigenvalue weighted by atomic mass is 10.2. The van der Waals surface area contributed by atoms with E-state index in [4.69, 9.17) is 0 Å². The second-order valence-electron chi connectivity index (χ2n) is 4.49. The summed E-state index contributed by atoms with van der Waals surface area (Å²) in [5.74, 6) is -0.109. The van der Waals surface area contributed by atoms with Gasteiger partial charge in [-0.05, 0) is 24.3 Å². The van der Waals surface area contributed by atoms with E-state index in [-0.39, 0.29) is 17.3 Å². The standard InChI is InChI=1S/C14H9BrN4O3/c15-8-4-5-11-12(6-8)16-14(20)13(11)18-17-9-2-1-3-10(7-9)19(21)22/h1-7,16,20H. The van der Waals surface area contributed by atoms with Crippen molar-refractivity contribution in [2.75, 3.05) is 0 Å². The fourth-order valence-corrected chi connectivity index (χ4v) is 2.38. The fraction of sp³-hybridized carbons (Fsp3) is 0. The third-order valence-electron chi connectivity index (χ3n) is 3.02. The number of aromatic hydroxyl groups is 1. The van der Waals surface area contributed by atoms with E-state index in [9.17, 15) is 15.2 Å². The number of aromatic amines is 1. The largest absolute Gasteiger partial charge is 0.493 e. The summed E-state index contributed by atoms with van der Waals surface area (Å²) in [6, 6.07) is 11.2. The van der Waals surface area contributed by atoms with Crippen LogP contribution in [-0.2, 0) is 0 Å². The highest BCUT2D eigenvalue weighted by Gasteiger charge is 2.11. The molecule has 3 aromatic rings. The van der Waals surface area contributed by atoms with E-state index in [0.717, 1.165) is 4.47 Å². The third-order valence-corrected chi connectivity index (χ3v) is 3.51. The molecular formula is C14H9BrN4O3. The number of H-pyrrole nitrogens is 1. The summed E-state index contributed by atoms with van der Waals surface area (Å²) in [5.41, 5.74) is 1.26. The lowest BCUT2D eigenvalue weighted by Gasteiger charge is -1.94. The molecule has 0 aliphatic heterocycles. The van der Waals surface area contributed by atoms with E-state index < -0.39 is 4.92 Å². The van der Waals surface area contributed by atoms with Crippen molar-refractivity contribution in [1.82, 2.24) is 4.98 Å². The van der Waals surface area contributed by atoms with Crippen LogP contribution in [0.25, 0.3) is 10.9 Å². The van der Waals surface area contributed by atoms with Crippen LogP contribution >= 0.6 is 15.9 Å². The van der Waals surface area contributed by atoms with Crippen molar-refractivity contribution < 1.29 is 10.0 Å². The van der Waals surface area contributed by atoms with E-state index in [1.54, 1.807) is 18.2 Å². The van der Waals surface area contributed by atoms with Crippen molar-refractivity contribution in [2.45, 2.75) is 0 Å². The maximum atomic E-state index is 10.7. The van der Waals surface area contributed by atoms with Crippen LogP contribution in [0.5, 0.6) is 5.88 Å². The van der Waals surface area contributed by atoms with E-state index in [1.807, 2.05) is 6.07 Å². The smallest absolute Gasteiger partial charge is 0.271 e. The average molecular weight is 361 g/mol. The van der Waals surface area contributed by atoms with Gasteiger partial charge in [0.2, 0.25) is 5.88 Å². The molecule has 3 rings (SSSR count). The van der Waals surface area contributed by atoms with Crippen molar-refractivity contribution in [3.8, 4) is 5.88 Å².